The number of hydrogen-bond acceptors (Lipinski definition) is 6. The summed E-state index contributed by atoms with van der Waals surface area (Å²) >= 11 is 6.54. The minimum absolute atomic E-state index is 0. The number of allylic oxidation sites excluding steroid dienone is 2. The molecule has 4 rings (SSSR count). The molecule has 0 spiro atoms. The quantitative estimate of drug-likeness (QED) is 0.245. The number of para-hydroxylation sites is 1. The number of ether oxygens (including phenoxy) is 2. The van der Waals surface area contributed by atoms with E-state index in [1.807, 2.05) is 0 Å². The first-order chi connectivity index (χ1) is 17.5. The van der Waals surface area contributed by atoms with Gasteiger partial charge in [-0.1, -0.05) is 48.5 Å². The molecule has 4 amide bonds. The Kier molecular flexibility index (Phi) is 8.46. The number of anilines is 1. The van der Waals surface area contributed by atoms with E-state index in [9.17, 15) is 19.2 Å². The predicted octanol–water partition coefficient (Wildman–Crippen LogP) is 0.890. The van der Waals surface area contributed by atoms with Crippen molar-refractivity contribution in [3.05, 3.63) is 89.2 Å². The molecule has 2 heterocycles. The summed E-state index contributed by atoms with van der Waals surface area (Å²) in [5.74, 6) is -1.47. The lowest BCUT2D eigenvalue weighted by molar-refractivity contribution is -0.701. The lowest BCUT2D eigenvalue weighted by Crippen LogP contribution is -3.08. The van der Waals surface area contributed by atoms with Gasteiger partial charge in [-0.2, -0.15) is 9.69 Å². The number of carbonyl (C=O) groups excluding carboxylic acids is 4. The molecule has 0 aromatic heterocycles. The van der Waals surface area contributed by atoms with Gasteiger partial charge < -0.3 is 27.2 Å². The molecule has 1 unspecified atom stereocenters. The normalized spacial score (nSPS) is 17.6. The van der Waals surface area contributed by atoms with Crippen LogP contribution in [-0.2, 0) is 19.1 Å². The number of esters is 1. The van der Waals surface area contributed by atoms with Gasteiger partial charge in [0.1, 0.15) is 17.9 Å². The second-order valence-electron chi connectivity index (χ2n) is 9.18. The van der Waals surface area contributed by atoms with E-state index in [1.54, 1.807) is 69.3 Å². The number of alkyl carbamates (subject to hydrolysis) is 1. The van der Waals surface area contributed by atoms with Crippen LogP contribution in [0.1, 0.15) is 26.3 Å². The van der Waals surface area contributed by atoms with E-state index < -0.39 is 29.6 Å². The third-order valence-electron chi connectivity index (χ3n) is 5.39. The highest BCUT2D eigenvalue weighted by molar-refractivity contribution is 6.34. The molecule has 0 radical (unpaired) electrons. The van der Waals surface area contributed by atoms with E-state index in [0.29, 0.717) is 16.9 Å². The van der Waals surface area contributed by atoms with Crippen molar-refractivity contribution in [3.63, 3.8) is 0 Å². The van der Waals surface area contributed by atoms with Crippen molar-refractivity contribution < 1.29 is 46.0 Å². The van der Waals surface area contributed by atoms with Crippen LogP contribution in [0.5, 0.6) is 0 Å². The Morgan fingerprint density at radius 2 is 1.79 bits per heavy atom. The Morgan fingerprint density at radius 3 is 2.42 bits per heavy atom. The zero-order chi connectivity index (χ0) is 26.9. The van der Waals surface area contributed by atoms with Crippen LogP contribution in [0.3, 0.4) is 0 Å². The Bertz CT molecular complexity index is 1380. The highest BCUT2D eigenvalue weighted by Crippen LogP contribution is 2.37. The monoisotopic (exact) mass is 557 g/mol. The fourth-order valence-electron chi connectivity index (χ4n) is 4.00. The van der Waals surface area contributed by atoms with Gasteiger partial charge in [-0.15, -0.1) is 0 Å². The van der Waals surface area contributed by atoms with Gasteiger partial charge in [-0.05, 0) is 45.0 Å². The average molecular weight is 558 g/mol. The number of urea groups is 1. The Labute approximate surface area is 230 Å². The second-order valence-corrected chi connectivity index (χ2v) is 9.59. The smallest absolute Gasteiger partial charge is 0.525 e. The van der Waals surface area contributed by atoms with Crippen molar-refractivity contribution >= 4 is 52.5 Å². The molecule has 38 heavy (non-hydrogen) atoms. The Hall–Kier alpha value is -3.92. The maximum atomic E-state index is 13.3. The SMILES string of the molecule is C=CCOC(=O)C1=C(C=C2NC(=O)N(c3ccccc3)C2=O)c2c(Cl)cccc2[NH+]1C(=O)OC(C)(C)C.[Cl-]. The van der Waals surface area contributed by atoms with Crippen LogP contribution in [0.25, 0.3) is 5.57 Å². The molecule has 2 aliphatic heterocycles. The molecule has 0 bridgehead atoms. The van der Waals surface area contributed by atoms with Gasteiger partial charge in [0.2, 0.25) is 5.70 Å². The molecule has 2 N–H and O–H groups in total. The van der Waals surface area contributed by atoms with E-state index in [-0.39, 0.29) is 45.9 Å². The van der Waals surface area contributed by atoms with Crippen LogP contribution in [-0.4, -0.2) is 36.2 Å². The molecule has 1 fully saturated rings. The van der Waals surface area contributed by atoms with E-state index >= 15 is 0 Å². The number of fused-ring (bicyclic) bond motifs is 1. The molecule has 1 atom stereocenters. The summed E-state index contributed by atoms with van der Waals surface area (Å²) < 4.78 is 10.9. The highest BCUT2D eigenvalue weighted by Gasteiger charge is 2.47. The third kappa shape index (κ3) is 5.50. The largest absolute Gasteiger partial charge is 1.00 e. The van der Waals surface area contributed by atoms with Crippen molar-refractivity contribution in [1.29, 1.82) is 0 Å². The zero-order valence-electron chi connectivity index (χ0n) is 20.8. The molecule has 2 aliphatic rings. The molecule has 2 aromatic rings. The first-order valence-electron chi connectivity index (χ1n) is 11.4. The summed E-state index contributed by atoms with van der Waals surface area (Å²) in [4.78, 5) is 53.5. The van der Waals surface area contributed by atoms with Crippen molar-refractivity contribution in [2.45, 2.75) is 26.4 Å². The highest BCUT2D eigenvalue weighted by atomic mass is 35.5. The van der Waals surface area contributed by atoms with E-state index in [2.05, 4.69) is 11.9 Å². The first kappa shape index (κ1) is 28.6. The maximum absolute atomic E-state index is 13.3. The number of halogens is 2. The molecule has 1 saturated heterocycles. The summed E-state index contributed by atoms with van der Waals surface area (Å²) in [5, 5.41) is 2.77. The Balaban J connectivity index is 0.00000400. The molecular formula is C27H25Cl2N3O6. The molecule has 2 aromatic carbocycles. The van der Waals surface area contributed by atoms with Crippen LogP contribution < -0.4 is 27.5 Å². The second kappa shape index (κ2) is 11.2. The minimum atomic E-state index is -0.855. The van der Waals surface area contributed by atoms with Crippen molar-refractivity contribution in [2.24, 2.45) is 0 Å². The number of nitrogens with zero attached hydrogens (tertiary/aromatic N) is 1. The van der Waals surface area contributed by atoms with Crippen molar-refractivity contribution in [1.82, 2.24) is 5.32 Å². The van der Waals surface area contributed by atoms with E-state index in [4.69, 9.17) is 21.1 Å². The Morgan fingerprint density at radius 1 is 1.11 bits per heavy atom. The van der Waals surface area contributed by atoms with Gasteiger partial charge in [0.25, 0.3) is 5.91 Å². The van der Waals surface area contributed by atoms with Crippen LogP contribution >= 0.6 is 11.6 Å². The number of carbonyl (C=O) groups is 4. The molecule has 9 nitrogen and oxygen atoms in total. The molecule has 198 valence electrons. The minimum Gasteiger partial charge on any atom is -1.00 e. The van der Waals surface area contributed by atoms with Gasteiger partial charge in [-0.3, -0.25) is 4.79 Å². The number of hydrogen-bond donors (Lipinski definition) is 2. The van der Waals surface area contributed by atoms with Crippen LogP contribution in [0.15, 0.2) is 78.7 Å². The molecule has 11 heteroatoms. The van der Waals surface area contributed by atoms with Crippen molar-refractivity contribution in [3.8, 4) is 0 Å². The summed E-state index contributed by atoms with van der Waals surface area (Å²) in [6, 6.07) is 12.6. The summed E-state index contributed by atoms with van der Waals surface area (Å²) in [6.45, 7) is 8.54. The lowest BCUT2D eigenvalue weighted by Gasteiger charge is -2.21. The summed E-state index contributed by atoms with van der Waals surface area (Å²) in [5.41, 5.74) is 0.110. The van der Waals surface area contributed by atoms with Crippen LogP contribution in [0.2, 0.25) is 5.02 Å². The average Bonchev–Trinajstić information content (AvgIpc) is 3.31. The summed E-state index contributed by atoms with van der Waals surface area (Å²) in [6.07, 6.45) is 1.95. The number of benzene rings is 2. The molecule has 0 saturated carbocycles. The number of imide groups is 1. The van der Waals surface area contributed by atoms with Crippen LogP contribution in [0, 0.1) is 0 Å². The number of quaternary nitrogens is 1. The van der Waals surface area contributed by atoms with Gasteiger partial charge in [0, 0.05) is 6.07 Å². The van der Waals surface area contributed by atoms with Gasteiger partial charge >= 0.3 is 18.1 Å². The summed E-state index contributed by atoms with van der Waals surface area (Å²) in [7, 11) is 0. The maximum Gasteiger partial charge on any atom is 0.525 e. The number of rotatable bonds is 5. The van der Waals surface area contributed by atoms with Gasteiger partial charge in [-0.25, -0.2) is 14.5 Å². The van der Waals surface area contributed by atoms with Gasteiger partial charge in [0.05, 0.1) is 21.8 Å². The molecule has 0 aliphatic carbocycles. The molecular weight excluding hydrogens is 533 g/mol. The van der Waals surface area contributed by atoms with E-state index in [1.165, 1.54) is 12.2 Å². The van der Waals surface area contributed by atoms with E-state index in [0.717, 1.165) is 4.90 Å². The zero-order valence-corrected chi connectivity index (χ0v) is 22.4. The third-order valence-corrected chi connectivity index (χ3v) is 5.71. The lowest BCUT2D eigenvalue weighted by atomic mass is 10.0. The predicted molar refractivity (Wildman–Crippen MR) is 137 cm³/mol. The van der Waals surface area contributed by atoms with Crippen LogP contribution in [0.4, 0.5) is 21.0 Å². The fraction of sp³-hybridized carbons (Fsp3) is 0.185. The topological polar surface area (TPSA) is 106 Å². The first-order valence-corrected chi connectivity index (χ1v) is 11.8. The van der Waals surface area contributed by atoms with Crippen molar-refractivity contribution in [2.75, 3.05) is 11.5 Å². The fourth-order valence-corrected chi connectivity index (χ4v) is 4.27. The number of amides is 4. The van der Waals surface area contributed by atoms with Gasteiger partial charge in [0.15, 0.2) is 5.69 Å². The standard InChI is InChI=1S/C27H24ClN3O6.ClH/c1-5-14-36-24(33)22-17(15-19-23(32)30(25(34)29-19)16-10-7-6-8-11-16)21-18(28)12-9-13-20(21)31(22)26(35)37-27(2,3)4;/h5-13,15H,1,14H2,2-4H3,(H,29,34);1H. The number of nitrogens with one attached hydrogen (secondary N) is 2.